The van der Waals surface area contributed by atoms with Crippen LogP contribution in [0.1, 0.15) is 19.3 Å². The van der Waals surface area contributed by atoms with E-state index >= 15 is 0 Å². The van der Waals surface area contributed by atoms with Gasteiger partial charge in [0.25, 0.3) is 0 Å². The summed E-state index contributed by atoms with van der Waals surface area (Å²) in [5.74, 6) is 0.256. The molecule has 0 saturated heterocycles. The molecule has 0 spiro atoms. The molecule has 3 rings (SSSR count). The number of aromatic hydroxyl groups is 1. The maximum absolute atomic E-state index is 10.9. The Bertz CT molecular complexity index is 667. The van der Waals surface area contributed by atoms with Gasteiger partial charge in [-0.1, -0.05) is 6.07 Å². The van der Waals surface area contributed by atoms with Crippen molar-refractivity contribution in [1.29, 1.82) is 0 Å². The Hall–Kier alpha value is -1.75. The van der Waals surface area contributed by atoms with E-state index in [1.165, 1.54) is 0 Å². The molecular weight excluding hydrogens is 274 g/mol. The van der Waals surface area contributed by atoms with Gasteiger partial charge in [0.05, 0.1) is 6.42 Å². The molecule has 104 valence electrons. The molecule has 2 N–H and O–H groups in total. The quantitative estimate of drug-likeness (QED) is 0.826. The first-order valence-corrected chi connectivity index (χ1v) is 7.49. The predicted molar refractivity (Wildman–Crippen MR) is 78.1 cm³/mol. The van der Waals surface area contributed by atoms with Crippen molar-refractivity contribution >= 4 is 28.5 Å². The van der Waals surface area contributed by atoms with E-state index < -0.39 is 5.97 Å². The van der Waals surface area contributed by atoms with Gasteiger partial charge in [0.1, 0.15) is 10.8 Å². The van der Waals surface area contributed by atoms with Gasteiger partial charge in [-0.25, -0.2) is 4.98 Å². The number of phenols is 1. The lowest BCUT2D eigenvalue weighted by molar-refractivity contribution is -0.138. The molecule has 0 atom stereocenters. The van der Waals surface area contributed by atoms with Gasteiger partial charge in [-0.15, -0.1) is 11.8 Å². The van der Waals surface area contributed by atoms with Gasteiger partial charge in [0, 0.05) is 17.3 Å². The Morgan fingerprint density at radius 2 is 2.15 bits per heavy atom. The number of thioether (sulfide) groups is 1. The average molecular weight is 289 g/mol. The number of carbonyl (C=O) groups is 1. The second-order valence-corrected chi connectivity index (χ2v) is 6.34. The van der Waals surface area contributed by atoms with E-state index in [9.17, 15) is 9.90 Å². The molecule has 1 aromatic heterocycles. The van der Waals surface area contributed by atoms with E-state index in [0.717, 1.165) is 34.4 Å². The van der Waals surface area contributed by atoms with Gasteiger partial charge in [0.15, 0.2) is 0 Å². The van der Waals surface area contributed by atoms with Gasteiger partial charge < -0.3 is 10.2 Å². The summed E-state index contributed by atoms with van der Waals surface area (Å²) in [4.78, 5) is 15.2. The molecule has 1 aromatic carbocycles. The SMILES string of the molecule is O=C(O)CC1(CSc2nccc3ccc(O)cc23)CC1. The third-order valence-electron chi connectivity index (χ3n) is 3.71. The standard InChI is InChI=1S/C15H15NO3S/c17-11-2-1-10-3-6-16-14(12(10)7-11)20-9-15(4-5-15)8-13(18)19/h1-3,6-7,17H,4-5,8-9H2,(H,18,19). The minimum absolute atomic E-state index is 0.0584. The number of rotatable bonds is 5. The lowest BCUT2D eigenvalue weighted by atomic mass is 10.1. The molecule has 20 heavy (non-hydrogen) atoms. The highest BCUT2D eigenvalue weighted by molar-refractivity contribution is 7.99. The Balaban J connectivity index is 1.81. The van der Waals surface area contributed by atoms with Gasteiger partial charge in [-0.2, -0.15) is 0 Å². The van der Waals surface area contributed by atoms with E-state index in [2.05, 4.69) is 4.98 Å². The molecule has 1 fully saturated rings. The zero-order chi connectivity index (χ0) is 14.2. The van der Waals surface area contributed by atoms with Crippen molar-refractivity contribution in [3.05, 3.63) is 30.5 Å². The maximum Gasteiger partial charge on any atom is 0.303 e. The van der Waals surface area contributed by atoms with Crippen LogP contribution in [0, 0.1) is 5.41 Å². The van der Waals surface area contributed by atoms with Crippen LogP contribution >= 0.6 is 11.8 Å². The number of phenolic OH excluding ortho intramolecular Hbond substituents is 1. The fourth-order valence-corrected chi connectivity index (χ4v) is 3.64. The number of hydrogen-bond acceptors (Lipinski definition) is 4. The van der Waals surface area contributed by atoms with Gasteiger partial charge in [-0.05, 0) is 41.8 Å². The lowest BCUT2D eigenvalue weighted by Gasteiger charge is -2.12. The first kappa shape index (κ1) is 13.2. The fraction of sp³-hybridized carbons (Fsp3) is 0.333. The van der Waals surface area contributed by atoms with E-state index in [1.54, 1.807) is 30.1 Å². The summed E-state index contributed by atoms with van der Waals surface area (Å²) in [6.07, 6.45) is 3.93. The van der Waals surface area contributed by atoms with E-state index in [0.29, 0.717) is 0 Å². The number of pyridine rings is 1. The molecule has 2 aromatic rings. The number of carboxylic acid groups (broad SMARTS) is 1. The number of benzene rings is 1. The summed E-state index contributed by atoms with van der Waals surface area (Å²) in [6.45, 7) is 0. The third-order valence-corrected chi connectivity index (χ3v) is 5.07. The number of nitrogens with zero attached hydrogens (tertiary/aromatic N) is 1. The van der Waals surface area contributed by atoms with Gasteiger partial charge >= 0.3 is 5.97 Å². The van der Waals surface area contributed by atoms with Crippen molar-refractivity contribution in [2.24, 2.45) is 5.41 Å². The Morgan fingerprint density at radius 1 is 1.35 bits per heavy atom. The van der Waals surface area contributed by atoms with Crippen molar-refractivity contribution in [3.63, 3.8) is 0 Å². The smallest absolute Gasteiger partial charge is 0.303 e. The van der Waals surface area contributed by atoms with Gasteiger partial charge in [-0.3, -0.25) is 4.79 Å². The minimum Gasteiger partial charge on any atom is -0.508 e. The molecule has 0 radical (unpaired) electrons. The van der Waals surface area contributed by atoms with Crippen LogP contribution in [-0.2, 0) is 4.79 Å². The molecule has 1 saturated carbocycles. The van der Waals surface area contributed by atoms with Crippen molar-refractivity contribution in [1.82, 2.24) is 4.98 Å². The number of fused-ring (bicyclic) bond motifs is 1. The van der Waals surface area contributed by atoms with Crippen LogP contribution in [0.15, 0.2) is 35.5 Å². The van der Waals surface area contributed by atoms with Crippen LogP contribution in [0.3, 0.4) is 0 Å². The highest BCUT2D eigenvalue weighted by Crippen LogP contribution is 2.52. The first-order chi connectivity index (χ1) is 9.58. The number of carboxylic acids is 1. The molecule has 4 nitrogen and oxygen atoms in total. The summed E-state index contributed by atoms with van der Waals surface area (Å²) in [5.41, 5.74) is -0.0584. The zero-order valence-electron chi connectivity index (χ0n) is 10.9. The summed E-state index contributed by atoms with van der Waals surface area (Å²) < 4.78 is 0. The summed E-state index contributed by atoms with van der Waals surface area (Å²) in [7, 11) is 0. The number of aromatic nitrogens is 1. The molecule has 0 amide bonds. The Morgan fingerprint density at radius 3 is 2.85 bits per heavy atom. The van der Waals surface area contributed by atoms with Crippen LogP contribution in [0.5, 0.6) is 5.75 Å². The molecule has 0 unspecified atom stereocenters. The summed E-state index contributed by atoms with van der Waals surface area (Å²) in [5, 5.41) is 21.3. The molecule has 1 aliphatic rings. The van der Waals surface area contributed by atoms with E-state index in [1.807, 2.05) is 12.1 Å². The van der Waals surface area contributed by atoms with Crippen LogP contribution in [0.25, 0.3) is 10.8 Å². The van der Waals surface area contributed by atoms with Crippen molar-refractivity contribution in [2.45, 2.75) is 24.3 Å². The van der Waals surface area contributed by atoms with Crippen LogP contribution in [0.4, 0.5) is 0 Å². The topological polar surface area (TPSA) is 70.4 Å². The largest absolute Gasteiger partial charge is 0.508 e. The molecule has 1 aliphatic carbocycles. The number of hydrogen-bond donors (Lipinski definition) is 2. The summed E-state index contributed by atoms with van der Waals surface area (Å²) >= 11 is 1.58. The van der Waals surface area contributed by atoms with E-state index in [4.69, 9.17) is 5.11 Å². The molecule has 1 heterocycles. The normalized spacial score (nSPS) is 16.2. The van der Waals surface area contributed by atoms with Crippen LogP contribution < -0.4 is 0 Å². The maximum atomic E-state index is 10.9. The van der Waals surface area contributed by atoms with Crippen molar-refractivity contribution in [3.8, 4) is 5.75 Å². The Kier molecular flexibility index (Phi) is 3.30. The third kappa shape index (κ3) is 2.72. The van der Waals surface area contributed by atoms with E-state index in [-0.39, 0.29) is 17.6 Å². The lowest BCUT2D eigenvalue weighted by Crippen LogP contribution is -2.11. The monoisotopic (exact) mass is 289 g/mol. The first-order valence-electron chi connectivity index (χ1n) is 6.50. The highest BCUT2D eigenvalue weighted by atomic mass is 32.2. The molecule has 0 aliphatic heterocycles. The second kappa shape index (κ2) is 4.98. The van der Waals surface area contributed by atoms with Gasteiger partial charge in [0.2, 0.25) is 0 Å². The second-order valence-electron chi connectivity index (χ2n) is 5.38. The summed E-state index contributed by atoms with van der Waals surface area (Å²) in [6, 6.07) is 7.13. The molecule has 0 bridgehead atoms. The predicted octanol–water partition coefficient (Wildman–Crippen LogP) is 3.29. The van der Waals surface area contributed by atoms with Crippen LogP contribution in [-0.4, -0.2) is 26.9 Å². The Labute approximate surface area is 120 Å². The molecule has 5 heteroatoms. The average Bonchev–Trinajstić information content (AvgIpc) is 3.15. The van der Waals surface area contributed by atoms with Crippen LogP contribution in [0.2, 0.25) is 0 Å². The minimum atomic E-state index is -0.730. The zero-order valence-corrected chi connectivity index (χ0v) is 11.7. The highest BCUT2D eigenvalue weighted by Gasteiger charge is 2.44. The molecular formula is C15H15NO3S. The van der Waals surface area contributed by atoms with Crippen molar-refractivity contribution in [2.75, 3.05) is 5.75 Å². The fourth-order valence-electron chi connectivity index (χ4n) is 2.34. The van der Waals surface area contributed by atoms with Crippen molar-refractivity contribution < 1.29 is 15.0 Å². The number of aliphatic carboxylic acids is 1.